The Morgan fingerprint density at radius 2 is 2.43 bits per heavy atom. The lowest BCUT2D eigenvalue weighted by Crippen LogP contribution is -2.17. The van der Waals surface area contributed by atoms with E-state index in [0.29, 0.717) is 19.6 Å². The molecule has 0 N–H and O–H groups in total. The number of hydrogen-bond acceptors (Lipinski definition) is 3. The van der Waals surface area contributed by atoms with E-state index < -0.39 is 0 Å². The second-order valence-electron chi connectivity index (χ2n) is 3.19. The Bertz CT molecular complexity index is 248. The molecular formula is C10H15NO3. The quantitative estimate of drug-likeness (QED) is 0.630. The molecule has 0 radical (unpaired) electrons. The van der Waals surface area contributed by atoms with Crippen molar-refractivity contribution in [3.63, 3.8) is 0 Å². The third-order valence-corrected chi connectivity index (χ3v) is 2.01. The van der Waals surface area contributed by atoms with E-state index in [1.807, 2.05) is 6.92 Å². The van der Waals surface area contributed by atoms with E-state index in [-0.39, 0.29) is 11.9 Å². The molecule has 0 aromatic heterocycles. The summed E-state index contributed by atoms with van der Waals surface area (Å²) < 4.78 is 4.70. The maximum Gasteiger partial charge on any atom is 0.413 e. The molecule has 1 aliphatic rings. The highest BCUT2D eigenvalue weighted by Crippen LogP contribution is 2.04. The van der Waals surface area contributed by atoms with E-state index in [2.05, 4.69) is 0 Å². The van der Waals surface area contributed by atoms with Gasteiger partial charge in [-0.15, -0.1) is 0 Å². The molecule has 0 atom stereocenters. The van der Waals surface area contributed by atoms with Gasteiger partial charge in [-0.05, 0) is 12.5 Å². The van der Waals surface area contributed by atoms with Gasteiger partial charge in [0.2, 0.25) is 0 Å². The summed E-state index contributed by atoms with van der Waals surface area (Å²) in [5, 5.41) is 0. The average molecular weight is 197 g/mol. The van der Waals surface area contributed by atoms with Crippen LogP contribution in [0, 0.1) is 0 Å². The Morgan fingerprint density at radius 3 is 3.00 bits per heavy atom. The summed E-state index contributed by atoms with van der Waals surface area (Å²) in [5.74, 6) is 0.0616. The molecule has 0 unspecified atom stereocenters. The molecule has 1 fully saturated rings. The SMILES string of the molecule is CCCCC(=O)/C=C/N1CCOC1=O. The van der Waals surface area contributed by atoms with Crippen LogP contribution < -0.4 is 0 Å². The molecule has 0 aliphatic carbocycles. The van der Waals surface area contributed by atoms with Crippen LogP contribution in [0.15, 0.2) is 12.3 Å². The fourth-order valence-corrected chi connectivity index (χ4v) is 1.15. The highest BCUT2D eigenvalue weighted by atomic mass is 16.6. The molecule has 1 aliphatic heterocycles. The van der Waals surface area contributed by atoms with Gasteiger partial charge in [0.1, 0.15) is 6.61 Å². The summed E-state index contributed by atoms with van der Waals surface area (Å²) in [7, 11) is 0. The molecule has 0 spiro atoms. The minimum absolute atomic E-state index is 0.0616. The first kappa shape index (κ1) is 10.8. The van der Waals surface area contributed by atoms with Crippen LogP contribution in [0.4, 0.5) is 4.79 Å². The molecule has 1 rings (SSSR count). The minimum Gasteiger partial charge on any atom is -0.447 e. The zero-order valence-electron chi connectivity index (χ0n) is 8.36. The van der Waals surface area contributed by atoms with Gasteiger partial charge in [0.15, 0.2) is 5.78 Å². The van der Waals surface area contributed by atoms with E-state index in [0.717, 1.165) is 12.8 Å². The minimum atomic E-state index is -0.371. The molecule has 1 heterocycles. The van der Waals surface area contributed by atoms with Gasteiger partial charge in [-0.2, -0.15) is 0 Å². The van der Waals surface area contributed by atoms with Crippen LogP contribution in [0.2, 0.25) is 0 Å². The van der Waals surface area contributed by atoms with Gasteiger partial charge in [-0.3, -0.25) is 9.69 Å². The van der Waals surface area contributed by atoms with Crippen molar-refractivity contribution in [2.45, 2.75) is 26.2 Å². The normalized spacial score (nSPS) is 16.4. The van der Waals surface area contributed by atoms with Crippen molar-refractivity contribution in [3.8, 4) is 0 Å². The number of ketones is 1. The van der Waals surface area contributed by atoms with E-state index in [1.54, 1.807) is 0 Å². The first-order valence-corrected chi connectivity index (χ1v) is 4.88. The van der Waals surface area contributed by atoms with E-state index in [1.165, 1.54) is 17.2 Å². The Labute approximate surface area is 83.5 Å². The highest BCUT2D eigenvalue weighted by molar-refractivity contribution is 5.90. The molecular weight excluding hydrogens is 182 g/mol. The smallest absolute Gasteiger partial charge is 0.413 e. The molecule has 0 saturated carbocycles. The zero-order valence-corrected chi connectivity index (χ0v) is 8.36. The topological polar surface area (TPSA) is 46.6 Å². The Morgan fingerprint density at radius 1 is 1.64 bits per heavy atom. The van der Waals surface area contributed by atoms with Crippen molar-refractivity contribution in [2.75, 3.05) is 13.2 Å². The molecule has 1 amide bonds. The lowest BCUT2D eigenvalue weighted by atomic mass is 10.2. The second-order valence-corrected chi connectivity index (χ2v) is 3.19. The first-order chi connectivity index (χ1) is 6.74. The monoisotopic (exact) mass is 197 g/mol. The predicted molar refractivity (Wildman–Crippen MR) is 51.7 cm³/mol. The van der Waals surface area contributed by atoms with Gasteiger partial charge in [-0.1, -0.05) is 13.3 Å². The number of amides is 1. The van der Waals surface area contributed by atoms with Gasteiger partial charge < -0.3 is 4.74 Å². The average Bonchev–Trinajstić information content (AvgIpc) is 2.58. The van der Waals surface area contributed by atoms with Crippen LogP contribution in [-0.2, 0) is 9.53 Å². The van der Waals surface area contributed by atoms with Gasteiger partial charge in [0, 0.05) is 12.6 Å². The summed E-state index contributed by atoms with van der Waals surface area (Å²) in [4.78, 5) is 23.5. The Balaban J connectivity index is 2.31. The summed E-state index contributed by atoms with van der Waals surface area (Å²) in [6.45, 7) is 2.98. The molecule has 0 bridgehead atoms. The number of ether oxygens (including phenoxy) is 1. The van der Waals surface area contributed by atoms with Crippen molar-refractivity contribution in [3.05, 3.63) is 12.3 Å². The Kier molecular flexibility index (Phi) is 4.16. The van der Waals surface area contributed by atoms with E-state index in [4.69, 9.17) is 4.74 Å². The Hall–Kier alpha value is -1.32. The van der Waals surface area contributed by atoms with E-state index >= 15 is 0 Å². The third kappa shape index (κ3) is 3.20. The fourth-order valence-electron chi connectivity index (χ4n) is 1.15. The molecule has 4 heteroatoms. The van der Waals surface area contributed by atoms with Gasteiger partial charge in [-0.25, -0.2) is 4.79 Å². The van der Waals surface area contributed by atoms with Gasteiger partial charge in [0.25, 0.3) is 0 Å². The summed E-state index contributed by atoms with van der Waals surface area (Å²) in [6.07, 6.45) is 5.04. The first-order valence-electron chi connectivity index (χ1n) is 4.88. The highest BCUT2D eigenvalue weighted by Gasteiger charge is 2.18. The molecule has 0 aromatic carbocycles. The van der Waals surface area contributed by atoms with Crippen LogP contribution in [0.3, 0.4) is 0 Å². The third-order valence-electron chi connectivity index (χ3n) is 2.01. The number of allylic oxidation sites excluding steroid dienone is 1. The van der Waals surface area contributed by atoms with Gasteiger partial charge >= 0.3 is 6.09 Å². The van der Waals surface area contributed by atoms with Crippen LogP contribution in [-0.4, -0.2) is 29.9 Å². The number of nitrogens with zero attached hydrogens (tertiary/aromatic N) is 1. The summed E-state index contributed by atoms with van der Waals surface area (Å²) in [5.41, 5.74) is 0. The number of cyclic esters (lactones) is 1. The molecule has 0 aromatic rings. The molecule has 78 valence electrons. The standard InChI is InChI=1S/C10H15NO3/c1-2-3-4-9(12)5-6-11-7-8-14-10(11)13/h5-6H,2-4,7-8H2,1H3/b6-5+. The lowest BCUT2D eigenvalue weighted by molar-refractivity contribution is -0.114. The maximum absolute atomic E-state index is 11.2. The molecule has 4 nitrogen and oxygen atoms in total. The summed E-state index contributed by atoms with van der Waals surface area (Å²) in [6, 6.07) is 0. The van der Waals surface area contributed by atoms with Crippen molar-refractivity contribution < 1.29 is 14.3 Å². The number of hydrogen-bond donors (Lipinski definition) is 0. The maximum atomic E-state index is 11.2. The zero-order chi connectivity index (χ0) is 10.4. The van der Waals surface area contributed by atoms with E-state index in [9.17, 15) is 9.59 Å². The van der Waals surface area contributed by atoms with Crippen molar-refractivity contribution in [2.24, 2.45) is 0 Å². The lowest BCUT2D eigenvalue weighted by Gasteiger charge is -2.03. The number of carbonyl (C=O) groups excluding carboxylic acids is 2. The van der Waals surface area contributed by atoms with Gasteiger partial charge in [0.05, 0.1) is 6.54 Å². The fraction of sp³-hybridized carbons (Fsp3) is 0.600. The second kappa shape index (κ2) is 5.42. The van der Waals surface area contributed by atoms with Crippen LogP contribution in [0.1, 0.15) is 26.2 Å². The number of unbranched alkanes of at least 4 members (excludes halogenated alkanes) is 1. The predicted octanol–water partition coefficient (Wildman–Crippen LogP) is 1.71. The van der Waals surface area contributed by atoms with Crippen LogP contribution in [0.25, 0.3) is 0 Å². The number of carbonyl (C=O) groups is 2. The van der Waals surface area contributed by atoms with Crippen LogP contribution >= 0.6 is 0 Å². The van der Waals surface area contributed by atoms with Crippen LogP contribution in [0.5, 0.6) is 0 Å². The molecule has 14 heavy (non-hydrogen) atoms. The molecule has 1 saturated heterocycles. The largest absolute Gasteiger partial charge is 0.447 e. The van der Waals surface area contributed by atoms with Crippen molar-refractivity contribution >= 4 is 11.9 Å². The summed E-state index contributed by atoms with van der Waals surface area (Å²) >= 11 is 0. The number of rotatable bonds is 5. The van der Waals surface area contributed by atoms with Crippen molar-refractivity contribution in [1.82, 2.24) is 4.90 Å². The van der Waals surface area contributed by atoms with Crippen molar-refractivity contribution in [1.29, 1.82) is 0 Å².